The molecule has 1 amide bonds. The first-order chi connectivity index (χ1) is 9.08. The summed E-state index contributed by atoms with van der Waals surface area (Å²) in [5.74, 6) is -0.487. The number of aryl methyl sites for hydroxylation is 1. The molecule has 2 atom stereocenters. The molecule has 1 heterocycles. The second-order valence-electron chi connectivity index (χ2n) is 4.34. The number of amides is 1. The van der Waals surface area contributed by atoms with Crippen molar-refractivity contribution in [3.8, 4) is 0 Å². The summed E-state index contributed by atoms with van der Waals surface area (Å²) in [6.07, 6.45) is 0. The van der Waals surface area contributed by atoms with E-state index in [1.807, 2.05) is 37.3 Å². The third kappa shape index (κ3) is 3.36. The van der Waals surface area contributed by atoms with Crippen molar-refractivity contribution in [3.63, 3.8) is 0 Å². The number of aromatic nitrogens is 2. The number of hydrogen-bond donors (Lipinski definition) is 2. The van der Waals surface area contributed by atoms with Crippen molar-refractivity contribution in [1.82, 2.24) is 10.2 Å². The lowest BCUT2D eigenvalue weighted by atomic mass is 9.95. The highest BCUT2D eigenvalue weighted by Crippen LogP contribution is 2.21. The molecule has 2 rings (SSSR count). The Kier molecular flexibility index (Phi) is 4.24. The van der Waals surface area contributed by atoms with Crippen LogP contribution < -0.4 is 11.1 Å². The van der Waals surface area contributed by atoms with Crippen LogP contribution in [0.15, 0.2) is 30.3 Å². The Hall–Kier alpha value is -1.79. The maximum absolute atomic E-state index is 12.1. The van der Waals surface area contributed by atoms with Crippen LogP contribution in [0.4, 0.5) is 5.13 Å². The third-order valence-electron chi connectivity index (χ3n) is 2.89. The fourth-order valence-corrected chi connectivity index (χ4v) is 2.29. The molecule has 0 spiro atoms. The van der Waals surface area contributed by atoms with E-state index in [1.54, 1.807) is 6.92 Å². The molecule has 0 radical (unpaired) electrons. The van der Waals surface area contributed by atoms with Gasteiger partial charge < -0.3 is 11.1 Å². The maximum Gasteiger partial charge on any atom is 0.230 e. The number of hydrogen-bond acceptors (Lipinski definition) is 5. The Morgan fingerprint density at radius 2 is 2.00 bits per heavy atom. The molecule has 3 N–H and O–H groups in total. The van der Waals surface area contributed by atoms with Crippen LogP contribution in [0.3, 0.4) is 0 Å². The predicted octanol–water partition coefficient (Wildman–Crippen LogP) is 2.12. The minimum absolute atomic E-state index is 0.146. The summed E-state index contributed by atoms with van der Waals surface area (Å²) in [6.45, 7) is 3.65. The minimum atomic E-state index is -0.341. The third-order valence-corrected chi connectivity index (χ3v) is 3.65. The Bertz CT molecular complexity index is 555. The van der Waals surface area contributed by atoms with Crippen LogP contribution >= 0.6 is 11.3 Å². The lowest BCUT2D eigenvalue weighted by molar-refractivity contribution is -0.120. The SMILES string of the molecule is Cc1nnc(NC(=O)C(C)C(N)c2ccccc2)s1. The lowest BCUT2D eigenvalue weighted by Crippen LogP contribution is -2.30. The van der Waals surface area contributed by atoms with Gasteiger partial charge in [-0.1, -0.05) is 48.6 Å². The molecule has 19 heavy (non-hydrogen) atoms. The van der Waals surface area contributed by atoms with E-state index in [2.05, 4.69) is 15.5 Å². The van der Waals surface area contributed by atoms with Crippen LogP contribution in [-0.4, -0.2) is 16.1 Å². The van der Waals surface area contributed by atoms with Crippen LogP contribution in [0.2, 0.25) is 0 Å². The highest BCUT2D eigenvalue weighted by molar-refractivity contribution is 7.15. The van der Waals surface area contributed by atoms with Crippen LogP contribution in [0.5, 0.6) is 0 Å². The molecule has 6 heteroatoms. The van der Waals surface area contributed by atoms with E-state index in [4.69, 9.17) is 5.73 Å². The number of carbonyl (C=O) groups excluding carboxylic acids is 1. The number of nitrogens with zero attached hydrogens (tertiary/aromatic N) is 2. The number of nitrogens with one attached hydrogen (secondary N) is 1. The zero-order valence-electron chi connectivity index (χ0n) is 10.8. The Balaban J connectivity index is 2.03. The van der Waals surface area contributed by atoms with E-state index in [0.29, 0.717) is 5.13 Å². The average molecular weight is 276 g/mol. The van der Waals surface area contributed by atoms with E-state index < -0.39 is 0 Å². The molecule has 0 aliphatic rings. The fourth-order valence-electron chi connectivity index (χ4n) is 1.69. The highest BCUT2D eigenvalue weighted by Gasteiger charge is 2.22. The standard InChI is InChI=1S/C13H16N4OS/c1-8(11(14)10-6-4-3-5-7-10)12(18)15-13-17-16-9(2)19-13/h3-8,11H,14H2,1-2H3,(H,15,17,18). The van der Waals surface area contributed by atoms with Gasteiger partial charge in [0, 0.05) is 6.04 Å². The van der Waals surface area contributed by atoms with E-state index in [-0.39, 0.29) is 17.9 Å². The molecule has 2 aromatic rings. The maximum atomic E-state index is 12.1. The zero-order chi connectivity index (χ0) is 13.8. The second-order valence-corrected chi connectivity index (χ2v) is 5.52. The first-order valence-corrected chi connectivity index (χ1v) is 6.81. The molecule has 5 nitrogen and oxygen atoms in total. The molecule has 1 aromatic carbocycles. The van der Waals surface area contributed by atoms with Gasteiger partial charge in [-0.3, -0.25) is 4.79 Å². The molecular weight excluding hydrogens is 260 g/mol. The lowest BCUT2D eigenvalue weighted by Gasteiger charge is -2.18. The number of nitrogens with two attached hydrogens (primary N) is 1. The Morgan fingerprint density at radius 3 is 2.58 bits per heavy atom. The van der Waals surface area contributed by atoms with Gasteiger partial charge in [0.05, 0.1) is 5.92 Å². The van der Waals surface area contributed by atoms with Crippen LogP contribution in [-0.2, 0) is 4.79 Å². The van der Waals surface area contributed by atoms with E-state index >= 15 is 0 Å². The van der Waals surface area contributed by atoms with Gasteiger partial charge in [-0.25, -0.2) is 0 Å². The van der Waals surface area contributed by atoms with E-state index in [9.17, 15) is 4.79 Å². The monoisotopic (exact) mass is 276 g/mol. The summed E-state index contributed by atoms with van der Waals surface area (Å²) in [4.78, 5) is 12.1. The van der Waals surface area contributed by atoms with Gasteiger partial charge in [-0.05, 0) is 12.5 Å². The Labute approximate surface area is 115 Å². The van der Waals surface area contributed by atoms with E-state index in [1.165, 1.54) is 11.3 Å². The molecule has 0 aliphatic heterocycles. The van der Waals surface area contributed by atoms with E-state index in [0.717, 1.165) is 10.6 Å². The minimum Gasteiger partial charge on any atom is -0.323 e. The largest absolute Gasteiger partial charge is 0.323 e. The molecule has 0 fully saturated rings. The normalized spacial score (nSPS) is 13.8. The number of carbonyl (C=O) groups is 1. The van der Waals surface area contributed by atoms with Crippen molar-refractivity contribution in [2.24, 2.45) is 11.7 Å². The molecule has 0 aliphatic carbocycles. The summed E-state index contributed by atoms with van der Waals surface area (Å²) < 4.78 is 0. The van der Waals surface area contributed by atoms with Crippen molar-refractivity contribution < 1.29 is 4.79 Å². The first-order valence-electron chi connectivity index (χ1n) is 5.99. The van der Waals surface area contributed by atoms with Crippen LogP contribution in [0, 0.1) is 12.8 Å². The zero-order valence-corrected chi connectivity index (χ0v) is 11.6. The second kappa shape index (κ2) is 5.90. The molecule has 0 saturated heterocycles. The van der Waals surface area contributed by atoms with Gasteiger partial charge in [0.2, 0.25) is 11.0 Å². The molecule has 0 bridgehead atoms. The van der Waals surface area contributed by atoms with Gasteiger partial charge in [0.15, 0.2) is 0 Å². The van der Waals surface area contributed by atoms with Gasteiger partial charge >= 0.3 is 0 Å². The highest BCUT2D eigenvalue weighted by atomic mass is 32.1. The van der Waals surface area contributed by atoms with Crippen molar-refractivity contribution in [2.45, 2.75) is 19.9 Å². The van der Waals surface area contributed by atoms with Crippen molar-refractivity contribution in [1.29, 1.82) is 0 Å². The Morgan fingerprint density at radius 1 is 1.32 bits per heavy atom. The first kappa shape index (κ1) is 13.6. The summed E-state index contributed by atoms with van der Waals surface area (Å²) in [6, 6.07) is 9.25. The van der Waals surface area contributed by atoms with Crippen LogP contribution in [0.1, 0.15) is 23.5 Å². The van der Waals surface area contributed by atoms with Gasteiger partial charge in [0.25, 0.3) is 0 Å². The quantitative estimate of drug-likeness (QED) is 0.896. The molecular formula is C13H16N4OS. The van der Waals surface area contributed by atoms with Crippen molar-refractivity contribution in [3.05, 3.63) is 40.9 Å². The number of anilines is 1. The van der Waals surface area contributed by atoms with Gasteiger partial charge in [-0.2, -0.15) is 0 Å². The average Bonchev–Trinajstić information content (AvgIpc) is 2.83. The number of benzene rings is 1. The summed E-state index contributed by atoms with van der Waals surface area (Å²) >= 11 is 1.35. The van der Waals surface area contributed by atoms with Crippen molar-refractivity contribution in [2.75, 3.05) is 5.32 Å². The molecule has 100 valence electrons. The summed E-state index contributed by atoms with van der Waals surface area (Å²) in [5, 5.41) is 11.8. The summed E-state index contributed by atoms with van der Waals surface area (Å²) in [5.41, 5.74) is 7.05. The van der Waals surface area contributed by atoms with Gasteiger partial charge in [0.1, 0.15) is 5.01 Å². The molecule has 2 unspecified atom stereocenters. The topological polar surface area (TPSA) is 80.9 Å². The summed E-state index contributed by atoms with van der Waals surface area (Å²) in [7, 11) is 0. The molecule has 1 aromatic heterocycles. The predicted molar refractivity (Wildman–Crippen MR) is 75.8 cm³/mol. The molecule has 0 saturated carbocycles. The van der Waals surface area contributed by atoms with Crippen LogP contribution in [0.25, 0.3) is 0 Å². The van der Waals surface area contributed by atoms with Gasteiger partial charge in [-0.15, -0.1) is 10.2 Å². The van der Waals surface area contributed by atoms with Crippen molar-refractivity contribution >= 4 is 22.4 Å². The fraction of sp³-hybridized carbons (Fsp3) is 0.308. The number of rotatable bonds is 4. The smallest absolute Gasteiger partial charge is 0.230 e.